The van der Waals surface area contributed by atoms with Crippen LogP contribution in [0.1, 0.15) is 42.5 Å². The zero-order valence-corrected chi connectivity index (χ0v) is 11.4. The molecule has 2 aromatic rings. The number of halogens is 1. The first-order chi connectivity index (χ1) is 8.66. The van der Waals surface area contributed by atoms with Crippen molar-refractivity contribution in [3.63, 3.8) is 0 Å². The van der Waals surface area contributed by atoms with Crippen molar-refractivity contribution in [1.29, 1.82) is 0 Å². The molecule has 3 rings (SSSR count). The molecule has 2 N–H and O–H groups in total. The average Bonchev–Trinajstić information content (AvgIpc) is 2.92. The molecule has 102 valence electrons. The molecule has 0 aromatic carbocycles. The summed E-state index contributed by atoms with van der Waals surface area (Å²) in [6.45, 7) is 1.90. The van der Waals surface area contributed by atoms with Crippen LogP contribution in [0.25, 0.3) is 12.2 Å². The lowest BCUT2D eigenvalue weighted by Crippen LogP contribution is -2.44. The fourth-order valence-electron chi connectivity index (χ4n) is 1.98. The monoisotopic (exact) mass is 281 g/mol. The van der Waals surface area contributed by atoms with E-state index in [0.29, 0.717) is 11.7 Å². The lowest BCUT2D eigenvalue weighted by atomic mass is 9.77. The number of furan rings is 1. The van der Waals surface area contributed by atoms with Gasteiger partial charge in [-0.2, -0.15) is 4.98 Å². The van der Waals surface area contributed by atoms with Crippen LogP contribution in [0.5, 0.6) is 0 Å². The SMILES string of the molecule is Cc1ccc(/C=C/c2nc(C3(N)CCC3)no2)o1.Cl. The second kappa shape index (κ2) is 5.19. The highest BCUT2D eigenvalue weighted by Gasteiger charge is 2.38. The summed E-state index contributed by atoms with van der Waals surface area (Å²) in [5, 5.41) is 3.93. The van der Waals surface area contributed by atoms with Crippen LogP contribution in [-0.4, -0.2) is 10.1 Å². The second-order valence-electron chi connectivity index (χ2n) is 4.75. The van der Waals surface area contributed by atoms with Crippen molar-refractivity contribution >= 4 is 24.6 Å². The highest BCUT2D eigenvalue weighted by Crippen LogP contribution is 2.36. The van der Waals surface area contributed by atoms with Crippen molar-refractivity contribution in [2.75, 3.05) is 0 Å². The Kier molecular flexibility index (Phi) is 3.78. The second-order valence-corrected chi connectivity index (χ2v) is 4.75. The van der Waals surface area contributed by atoms with Gasteiger partial charge in [0.1, 0.15) is 11.5 Å². The summed E-state index contributed by atoms with van der Waals surface area (Å²) >= 11 is 0. The van der Waals surface area contributed by atoms with E-state index < -0.39 is 0 Å². The zero-order valence-electron chi connectivity index (χ0n) is 10.6. The predicted octanol–water partition coefficient (Wildman–Crippen LogP) is 2.90. The Morgan fingerprint density at radius 3 is 2.68 bits per heavy atom. The number of nitrogens with two attached hydrogens (primary N) is 1. The molecule has 1 saturated carbocycles. The van der Waals surface area contributed by atoms with E-state index >= 15 is 0 Å². The first-order valence-electron chi connectivity index (χ1n) is 6.03. The minimum absolute atomic E-state index is 0. The molecule has 0 spiro atoms. The fourth-order valence-corrected chi connectivity index (χ4v) is 1.98. The van der Waals surface area contributed by atoms with Crippen LogP contribution in [0.15, 0.2) is 21.1 Å². The van der Waals surface area contributed by atoms with Crippen molar-refractivity contribution in [2.45, 2.75) is 31.7 Å². The molecule has 0 radical (unpaired) electrons. The van der Waals surface area contributed by atoms with Crippen molar-refractivity contribution in [3.8, 4) is 0 Å². The van der Waals surface area contributed by atoms with E-state index in [1.54, 1.807) is 12.2 Å². The van der Waals surface area contributed by atoms with Gasteiger partial charge in [-0.25, -0.2) is 0 Å². The van der Waals surface area contributed by atoms with Crippen LogP contribution in [-0.2, 0) is 5.54 Å². The van der Waals surface area contributed by atoms with E-state index in [1.165, 1.54) is 0 Å². The lowest BCUT2D eigenvalue weighted by Gasteiger charge is -2.34. The number of nitrogens with zero attached hydrogens (tertiary/aromatic N) is 2. The standard InChI is InChI=1S/C13H15N3O2.ClH/c1-9-3-4-10(17-9)5-6-11-15-12(16-18-11)13(14)7-2-8-13;/h3-6H,2,7-8,14H2,1H3;1H/b6-5+;. The molecule has 0 amide bonds. The van der Waals surface area contributed by atoms with Gasteiger partial charge in [0, 0.05) is 6.08 Å². The summed E-state index contributed by atoms with van der Waals surface area (Å²) in [6, 6.07) is 3.79. The lowest BCUT2D eigenvalue weighted by molar-refractivity contribution is 0.229. The van der Waals surface area contributed by atoms with Crippen LogP contribution < -0.4 is 5.73 Å². The Morgan fingerprint density at radius 2 is 2.11 bits per heavy atom. The van der Waals surface area contributed by atoms with Crippen LogP contribution in [0.2, 0.25) is 0 Å². The van der Waals surface area contributed by atoms with Crippen molar-refractivity contribution in [2.24, 2.45) is 5.73 Å². The van der Waals surface area contributed by atoms with Gasteiger partial charge in [0.05, 0.1) is 5.54 Å². The van der Waals surface area contributed by atoms with Crippen molar-refractivity contribution in [3.05, 3.63) is 35.4 Å². The molecule has 2 heterocycles. The van der Waals surface area contributed by atoms with E-state index in [-0.39, 0.29) is 17.9 Å². The highest BCUT2D eigenvalue weighted by atomic mass is 35.5. The predicted molar refractivity (Wildman–Crippen MR) is 73.6 cm³/mol. The fraction of sp³-hybridized carbons (Fsp3) is 0.385. The van der Waals surface area contributed by atoms with Gasteiger partial charge in [0.25, 0.3) is 5.89 Å². The number of aryl methyl sites for hydroxylation is 1. The Labute approximate surface area is 117 Å². The molecule has 6 heteroatoms. The third-order valence-corrected chi connectivity index (χ3v) is 3.28. The maximum absolute atomic E-state index is 6.12. The highest BCUT2D eigenvalue weighted by molar-refractivity contribution is 5.85. The maximum atomic E-state index is 6.12. The molecule has 0 aliphatic heterocycles. The van der Waals surface area contributed by atoms with Gasteiger partial charge >= 0.3 is 0 Å². The maximum Gasteiger partial charge on any atom is 0.250 e. The minimum Gasteiger partial charge on any atom is -0.462 e. The Bertz CT molecular complexity index is 584. The molecular formula is C13H16ClN3O2. The van der Waals surface area contributed by atoms with Crippen molar-refractivity contribution in [1.82, 2.24) is 10.1 Å². The summed E-state index contributed by atoms with van der Waals surface area (Å²) in [4.78, 5) is 4.29. The van der Waals surface area contributed by atoms with E-state index in [0.717, 1.165) is 30.8 Å². The molecule has 0 atom stereocenters. The van der Waals surface area contributed by atoms with E-state index in [2.05, 4.69) is 10.1 Å². The molecule has 5 nitrogen and oxygen atoms in total. The summed E-state index contributed by atoms with van der Waals surface area (Å²) < 4.78 is 10.6. The molecule has 1 aliphatic carbocycles. The molecule has 0 bridgehead atoms. The van der Waals surface area contributed by atoms with Gasteiger partial charge in [0.15, 0.2) is 5.82 Å². The Hall–Kier alpha value is -1.59. The smallest absolute Gasteiger partial charge is 0.250 e. The number of aromatic nitrogens is 2. The van der Waals surface area contributed by atoms with Crippen molar-refractivity contribution < 1.29 is 8.94 Å². The Morgan fingerprint density at radius 1 is 1.32 bits per heavy atom. The summed E-state index contributed by atoms with van der Waals surface area (Å²) in [5.74, 6) is 2.69. The molecule has 19 heavy (non-hydrogen) atoms. The molecule has 0 unspecified atom stereocenters. The first kappa shape index (κ1) is 13.8. The molecular weight excluding hydrogens is 266 g/mol. The van der Waals surface area contributed by atoms with Crippen LogP contribution in [0.4, 0.5) is 0 Å². The first-order valence-corrected chi connectivity index (χ1v) is 6.03. The summed E-state index contributed by atoms with van der Waals surface area (Å²) in [7, 11) is 0. The average molecular weight is 282 g/mol. The molecule has 1 fully saturated rings. The minimum atomic E-state index is -0.378. The van der Waals surface area contributed by atoms with E-state index in [1.807, 2.05) is 19.1 Å². The summed E-state index contributed by atoms with van der Waals surface area (Å²) in [6.07, 6.45) is 6.51. The Balaban J connectivity index is 0.00000133. The number of hydrogen-bond acceptors (Lipinski definition) is 5. The van der Waals surface area contributed by atoms with Crippen LogP contribution in [0, 0.1) is 6.92 Å². The van der Waals surface area contributed by atoms with Gasteiger partial charge in [0.2, 0.25) is 0 Å². The zero-order chi connectivity index (χ0) is 12.6. The molecule has 1 aliphatic rings. The summed E-state index contributed by atoms with van der Waals surface area (Å²) in [5.41, 5.74) is 5.74. The quantitative estimate of drug-likeness (QED) is 0.936. The number of hydrogen-bond donors (Lipinski definition) is 1. The molecule has 2 aromatic heterocycles. The topological polar surface area (TPSA) is 78.1 Å². The van der Waals surface area contributed by atoms with Gasteiger partial charge < -0.3 is 14.7 Å². The van der Waals surface area contributed by atoms with E-state index in [4.69, 9.17) is 14.7 Å². The third-order valence-electron chi connectivity index (χ3n) is 3.28. The largest absolute Gasteiger partial charge is 0.462 e. The normalized spacial score (nSPS) is 17.2. The van der Waals surface area contributed by atoms with Crippen LogP contribution >= 0.6 is 12.4 Å². The van der Waals surface area contributed by atoms with E-state index in [9.17, 15) is 0 Å². The number of rotatable bonds is 3. The van der Waals surface area contributed by atoms with Gasteiger partial charge in [-0.05, 0) is 44.4 Å². The van der Waals surface area contributed by atoms with Crippen LogP contribution in [0.3, 0.4) is 0 Å². The van der Waals surface area contributed by atoms with Gasteiger partial charge in [-0.1, -0.05) is 5.16 Å². The molecule has 0 saturated heterocycles. The van der Waals surface area contributed by atoms with Gasteiger partial charge in [-0.3, -0.25) is 0 Å². The van der Waals surface area contributed by atoms with Gasteiger partial charge in [-0.15, -0.1) is 12.4 Å². The third kappa shape index (κ3) is 2.72.